The van der Waals surface area contributed by atoms with E-state index in [0.717, 1.165) is 0 Å². The van der Waals surface area contributed by atoms with Crippen molar-refractivity contribution in [1.29, 1.82) is 0 Å². The minimum atomic E-state index is -1.06. The maximum absolute atomic E-state index is 13.7. The van der Waals surface area contributed by atoms with Crippen LogP contribution in [0.2, 0.25) is 5.02 Å². The Labute approximate surface area is 124 Å². The highest BCUT2D eigenvalue weighted by Gasteiger charge is 2.17. The Hall–Kier alpha value is -2.40. The number of carbonyl (C=O) groups is 1. The summed E-state index contributed by atoms with van der Waals surface area (Å²) in [5.74, 6) is -1.06. The van der Waals surface area contributed by atoms with Gasteiger partial charge in [0.2, 0.25) is 0 Å². The summed E-state index contributed by atoms with van der Waals surface area (Å²) in [5.41, 5.74) is 1.57. The summed E-state index contributed by atoms with van der Waals surface area (Å²) in [6.45, 7) is 1.73. The number of rotatable bonds is 2. The number of hydrogen-bond acceptors (Lipinski definition) is 2. The second kappa shape index (κ2) is 4.86. The zero-order chi connectivity index (χ0) is 15.1. The highest BCUT2D eigenvalue weighted by atomic mass is 35.5. The highest BCUT2D eigenvalue weighted by molar-refractivity contribution is 6.30. The van der Waals surface area contributed by atoms with E-state index in [1.807, 2.05) is 0 Å². The van der Waals surface area contributed by atoms with E-state index in [1.54, 1.807) is 29.7 Å². The lowest BCUT2D eigenvalue weighted by Gasteiger charge is -2.09. The molecule has 0 radical (unpaired) electrons. The third-order valence-corrected chi connectivity index (χ3v) is 3.54. The van der Waals surface area contributed by atoms with E-state index in [2.05, 4.69) is 4.98 Å². The van der Waals surface area contributed by atoms with Crippen molar-refractivity contribution in [2.45, 2.75) is 6.92 Å². The van der Waals surface area contributed by atoms with E-state index >= 15 is 0 Å². The summed E-state index contributed by atoms with van der Waals surface area (Å²) >= 11 is 5.69. The molecule has 3 aromatic rings. The van der Waals surface area contributed by atoms with Gasteiger partial charge in [0, 0.05) is 0 Å². The number of nitrogens with zero attached hydrogens (tertiary/aromatic N) is 2. The van der Waals surface area contributed by atoms with Gasteiger partial charge in [-0.1, -0.05) is 17.7 Å². The molecule has 21 heavy (non-hydrogen) atoms. The minimum absolute atomic E-state index is 0.0132. The molecule has 1 heterocycles. The number of fused-ring (bicyclic) bond motifs is 1. The number of hydrogen-bond donors (Lipinski definition) is 1. The van der Waals surface area contributed by atoms with Crippen molar-refractivity contribution >= 4 is 28.6 Å². The van der Waals surface area contributed by atoms with Gasteiger partial charge < -0.3 is 5.11 Å². The lowest BCUT2D eigenvalue weighted by molar-refractivity contribution is 0.0698. The second-order valence-electron chi connectivity index (χ2n) is 4.57. The molecule has 0 saturated carbocycles. The van der Waals surface area contributed by atoms with Crippen LogP contribution < -0.4 is 0 Å². The van der Waals surface area contributed by atoms with Crippen molar-refractivity contribution in [2.24, 2.45) is 0 Å². The first-order valence-corrected chi connectivity index (χ1v) is 6.53. The Morgan fingerprint density at radius 2 is 2.10 bits per heavy atom. The lowest BCUT2D eigenvalue weighted by atomic mass is 10.1. The Kier molecular flexibility index (Phi) is 3.14. The molecule has 0 aliphatic heterocycles. The average Bonchev–Trinajstić information content (AvgIpc) is 2.77. The fourth-order valence-electron chi connectivity index (χ4n) is 2.36. The predicted octanol–water partition coefficient (Wildman–Crippen LogP) is 3.82. The molecule has 1 aromatic heterocycles. The molecule has 0 aliphatic rings. The zero-order valence-corrected chi connectivity index (χ0v) is 11.7. The van der Waals surface area contributed by atoms with Gasteiger partial charge in [0.1, 0.15) is 11.6 Å². The third-order valence-electron chi connectivity index (χ3n) is 3.24. The number of aryl methyl sites for hydroxylation is 1. The van der Waals surface area contributed by atoms with Crippen molar-refractivity contribution < 1.29 is 14.3 Å². The summed E-state index contributed by atoms with van der Waals surface area (Å²) in [6, 6.07) is 9.16. The number of carboxylic acid groups (broad SMARTS) is 1. The Bertz CT molecular complexity index is 873. The van der Waals surface area contributed by atoms with Gasteiger partial charge in [-0.15, -0.1) is 0 Å². The molecule has 3 rings (SSSR count). The normalized spacial score (nSPS) is 11.0. The summed E-state index contributed by atoms with van der Waals surface area (Å²) in [5, 5.41) is 9.34. The van der Waals surface area contributed by atoms with Gasteiger partial charge in [0.05, 0.1) is 27.3 Å². The first-order valence-electron chi connectivity index (χ1n) is 6.16. The number of para-hydroxylation sites is 1. The summed E-state index contributed by atoms with van der Waals surface area (Å²) in [7, 11) is 0. The van der Waals surface area contributed by atoms with Crippen molar-refractivity contribution in [3.05, 3.63) is 58.6 Å². The Balaban J connectivity index is 2.38. The predicted molar refractivity (Wildman–Crippen MR) is 77.7 cm³/mol. The summed E-state index contributed by atoms with van der Waals surface area (Å²) in [4.78, 5) is 15.7. The smallest absolute Gasteiger partial charge is 0.337 e. The van der Waals surface area contributed by atoms with Crippen molar-refractivity contribution in [1.82, 2.24) is 9.55 Å². The number of imidazole rings is 1. The van der Waals surface area contributed by atoms with Crippen LogP contribution in [0.25, 0.3) is 16.7 Å². The van der Waals surface area contributed by atoms with Crippen LogP contribution in [-0.2, 0) is 0 Å². The van der Waals surface area contributed by atoms with Crippen LogP contribution in [0.3, 0.4) is 0 Å². The maximum Gasteiger partial charge on any atom is 0.337 e. The van der Waals surface area contributed by atoms with Gasteiger partial charge in [0.25, 0.3) is 0 Å². The van der Waals surface area contributed by atoms with Gasteiger partial charge in [0.15, 0.2) is 0 Å². The number of benzene rings is 2. The van der Waals surface area contributed by atoms with Crippen LogP contribution in [0.5, 0.6) is 0 Å². The van der Waals surface area contributed by atoms with Gasteiger partial charge in [-0.05, 0) is 37.3 Å². The molecular formula is C15H10ClFN2O2. The molecular weight excluding hydrogens is 295 g/mol. The molecule has 0 aliphatic carbocycles. The highest BCUT2D eigenvalue weighted by Crippen LogP contribution is 2.26. The molecule has 0 spiro atoms. The molecule has 0 fully saturated rings. The van der Waals surface area contributed by atoms with Crippen LogP contribution >= 0.6 is 11.6 Å². The Morgan fingerprint density at radius 1 is 1.33 bits per heavy atom. The molecule has 0 saturated heterocycles. The summed E-state index contributed by atoms with van der Waals surface area (Å²) < 4.78 is 15.3. The molecule has 6 heteroatoms. The molecule has 4 nitrogen and oxygen atoms in total. The van der Waals surface area contributed by atoms with E-state index in [0.29, 0.717) is 22.5 Å². The first-order chi connectivity index (χ1) is 9.99. The lowest BCUT2D eigenvalue weighted by Crippen LogP contribution is -2.03. The standard InChI is InChI=1S/C15H10ClFN2O2/c1-8-18-13-4-2-3-10(15(20)21)14(13)19(8)9-5-6-11(16)12(17)7-9/h2-7H,1H3,(H,20,21). The number of halogens is 2. The van der Waals surface area contributed by atoms with Crippen molar-refractivity contribution in [2.75, 3.05) is 0 Å². The van der Waals surface area contributed by atoms with E-state index in [-0.39, 0.29) is 10.6 Å². The van der Waals surface area contributed by atoms with Crippen LogP contribution in [0.4, 0.5) is 4.39 Å². The zero-order valence-electron chi connectivity index (χ0n) is 11.0. The maximum atomic E-state index is 13.7. The molecule has 0 unspecified atom stereocenters. The fourth-order valence-corrected chi connectivity index (χ4v) is 2.47. The van der Waals surface area contributed by atoms with Crippen molar-refractivity contribution in [3.8, 4) is 5.69 Å². The van der Waals surface area contributed by atoms with Crippen LogP contribution in [0.15, 0.2) is 36.4 Å². The molecule has 2 aromatic carbocycles. The van der Waals surface area contributed by atoms with Gasteiger partial charge in [-0.25, -0.2) is 14.2 Å². The SMILES string of the molecule is Cc1nc2cccc(C(=O)O)c2n1-c1ccc(Cl)c(F)c1. The average molecular weight is 305 g/mol. The molecule has 1 N–H and O–H groups in total. The summed E-state index contributed by atoms with van der Waals surface area (Å²) in [6.07, 6.45) is 0. The van der Waals surface area contributed by atoms with Gasteiger partial charge in [-0.2, -0.15) is 0 Å². The van der Waals surface area contributed by atoms with Crippen molar-refractivity contribution in [3.63, 3.8) is 0 Å². The minimum Gasteiger partial charge on any atom is -0.478 e. The fraction of sp³-hybridized carbons (Fsp3) is 0.0667. The molecule has 0 amide bonds. The van der Waals surface area contributed by atoms with E-state index < -0.39 is 11.8 Å². The molecule has 106 valence electrons. The van der Waals surface area contributed by atoms with Crippen LogP contribution in [-0.4, -0.2) is 20.6 Å². The quantitative estimate of drug-likeness (QED) is 0.783. The van der Waals surface area contributed by atoms with Crippen LogP contribution in [0.1, 0.15) is 16.2 Å². The molecule has 0 atom stereocenters. The van der Waals surface area contributed by atoms with E-state index in [4.69, 9.17) is 11.6 Å². The van der Waals surface area contributed by atoms with E-state index in [1.165, 1.54) is 18.2 Å². The van der Waals surface area contributed by atoms with E-state index in [9.17, 15) is 14.3 Å². The topological polar surface area (TPSA) is 55.1 Å². The van der Waals surface area contributed by atoms with Crippen LogP contribution in [0, 0.1) is 12.7 Å². The number of carboxylic acids is 1. The third kappa shape index (κ3) is 2.15. The molecule has 0 bridgehead atoms. The number of aromatic carboxylic acids is 1. The van der Waals surface area contributed by atoms with Gasteiger partial charge >= 0.3 is 5.97 Å². The second-order valence-corrected chi connectivity index (χ2v) is 4.98. The number of aromatic nitrogens is 2. The first kappa shape index (κ1) is 13.6. The van der Waals surface area contributed by atoms with Gasteiger partial charge in [-0.3, -0.25) is 4.57 Å². The Morgan fingerprint density at radius 3 is 2.76 bits per heavy atom. The monoisotopic (exact) mass is 304 g/mol. The largest absolute Gasteiger partial charge is 0.478 e.